The van der Waals surface area contributed by atoms with Gasteiger partial charge in [0, 0.05) is 0 Å². The molecule has 11 heavy (non-hydrogen) atoms. The molecule has 0 unspecified atom stereocenters. The van der Waals surface area contributed by atoms with Gasteiger partial charge in [0.1, 0.15) is 0 Å². The second-order valence-electron chi connectivity index (χ2n) is 4.02. The minimum absolute atomic E-state index is 0.0478. The fourth-order valence-electron chi connectivity index (χ4n) is 0.907. The van der Waals surface area contributed by atoms with Gasteiger partial charge in [-0.2, -0.15) is 0 Å². The molecule has 0 heterocycles. The number of hydrogen-bond donors (Lipinski definition) is 0. The van der Waals surface area contributed by atoms with Gasteiger partial charge >= 0.3 is 79.8 Å². The number of rotatable bonds is 5. The second-order valence-corrected chi connectivity index (χ2v) is 4.02. The zero-order chi connectivity index (χ0) is 8.74. The van der Waals surface area contributed by atoms with Crippen LogP contribution < -0.4 is 0 Å². The fraction of sp³-hybridized carbons (Fsp3) is 1.00. The Labute approximate surface area is 80.1 Å². The second kappa shape index (κ2) is 6.12. The predicted octanol–water partition coefficient (Wildman–Crippen LogP) is 2.56. The van der Waals surface area contributed by atoms with Crippen LogP contribution in [-0.4, -0.2) is 29.9 Å². The Kier molecular flexibility index (Phi) is 6.43. The Morgan fingerprint density at radius 3 is 2.18 bits per heavy atom. The Hall–Kier alpha value is 0.557. The molecule has 0 aromatic rings. The summed E-state index contributed by atoms with van der Waals surface area (Å²) < 4.78 is 5.58. The van der Waals surface area contributed by atoms with E-state index in [4.69, 9.17) is 4.74 Å². The van der Waals surface area contributed by atoms with E-state index in [1.807, 2.05) is 0 Å². The van der Waals surface area contributed by atoms with Crippen molar-refractivity contribution in [2.45, 2.75) is 50.7 Å². The van der Waals surface area contributed by atoms with Gasteiger partial charge in [-0.05, 0) is 0 Å². The summed E-state index contributed by atoms with van der Waals surface area (Å²) in [6, 6.07) is 0. The molecule has 0 fully saturated rings. The predicted molar refractivity (Wildman–Crippen MR) is 50.1 cm³/mol. The van der Waals surface area contributed by atoms with Crippen molar-refractivity contribution in [1.29, 1.82) is 0 Å². The van der Waals surface area contributed by atoms with E-state index in [0.29, 0.717) is 0 Å². The fourth-order valence-corrected chi connectivity index (χ4v) is 0.907. The van der Waals surface area contributed by atoms with E-state index < -0.39 is 0 Å². The Bertz CT molecular complexity index is 86.1. The molecule has 0 bridgehead atoms. The van der Waals surface area contributed by atoms with E-state index in [2.05, 4.69) is 38.5 Å². The summed E-state index contributed by atoms with van der Waals surface area (Å²) in [7, 11) is 0. The molecule has 0 atom stereocenters. The molecule has 0 spiro atoms. The van der Waals surface area contributed by atoms with Gasteiger partial charge in [0.25, 0.3) is 0 Å². The molecule has 0 aliphatic heterocycles. The molecule has 2 heteroatoms. The van der Waals surface area contributed by atoms with Crippen LogP contribution in [0.5, 0.6) is 0 Å². The van der Waals surface area contributed by atoms with E-state index in [-0.39, 0.29) is 5.60 Å². The summed E-state index contributed by atoms with van der Waals surface area (Å²) in [6.07, 6.45) is 3.87. The van der Waals surface area contributed by atoms with Crippen molar-refractivity contribution >= 4 is 17.7 Å². The molecule has 0 aromatic heterocycles. The molecule has 0 N–H and O–H groups in total. The van der Waals surface area contributed by atoms with Crippen LogP contribution in [0.3, 0.4) is 0 Å². The average Bonchev–Trinajstić information content (AvgIpc) is 1.85. The third kappa shape index (κ3) is 10.6. The summed E-state index contributed by atoms with van der Waals surface area (Å²) in [5, 5.41) is 1.30. The maximum atomic E-state index is 5.58. The standard InChI is InChI=1S/C9H19O.Li/c1-5-6-7-8-10-9(2,3)4;/h1,5-8H2,2-4H3;. The third-order valence-electron chi connectivity index (χ3n) is 1.53. The van der Waals surface area contributed by atoms with Gasteiger partial charge in [-0.15, -0.1) is 0 Å². The van der Waals surface area contributed by atoms with Crippen LogP contribution in [0.15, 0.2) is 0 Å². The first kappa shape index (κ1) is 11.6. The molecule has 0 radical (unpaired) electrons. The Balaban J connectivity index is 3.02. The van der Waals surface area contributed by atoms with Gasteiger partial charge in [-0.3, -0.25) is 0 Å². The van der Waals surface area contributed by atoms with Gasteiger partial charge in [-0.25, -0.2) is 0 Å². The van der Waals surface area contributed by atoms with Crippen LogP contribution in [-0.2, 0) is 4.74 Å². The van der Waals surface area contributed by atoms with E-state index >= 15 is 0 Å². The zero-order valence-corrected chi connectivity index (χ0v) is 8.44. The molecule has 0 amide bonds. The summed E-state index contributed by atoms with van der Waals surface area (Å²) in [5.41, 5.74) is 0.0478. The monoisotopic (exact) mass is 150 g/mol. The normalized spacial score (nSPS) is 12.1. The summed E-state index contributed by atoms with van der Waals surface area (Å²) in [4.78, 5) is 0. The summed E-state index contributed by atoms with van der Waals surface area (Å²) in [5.74, 6) is 0. The van der Waals surface area contributed by atoms with Crippen LogP contribution in [0.1, 0.15) is 40.0 Å². The van der Waals surface area contributed by atoms with E-state index in [1.165, 1.54) is 24.4 Å². The Morgan fingerprint density at radius 2 is 1.73 bits per heavy atom. The van der Waals surface area contributed by atoms with Crippen molar-refractivity contribution in [2.24, 2.45) is 0 Å². The van der Waals surface area contributed by atoms with Crippen LogP contribution in [0.2, 0.25) is 5.09 Å². The first-order chi connectivity index (χ1) is 5.06. The van der Waals surface area contributed by atoms with Gasteiger partial charge in [-0.1, -0.05) is 0 Å². The molecule has 0 aliphatic rings. The zero-order valence-electron chi connectivity index (χ0n) is 8.44. The van der Waals surface area contributed by atoms with Crippen molar-refractivity contribution in [3.05, 3.63) is 0 Å². The molecule has 1 nitrogen and oxygen atoms in total. The number of unbranched alkanes of at least 4 members (excludes halogenated alkanes) is 2. The van der Waals surface area contributed by atoms with E-state index in [9.17, 15) is 0 Å². The SMILES string of the molecule is [Li][CH2]CCCCOC(C)(C)C. The van der Waals surface area contributed by atoms with Crippen molar-refractivity contribution in [3.63, 3.8) is 0 Å². The molecule has 0 saturated heterocycles. The van der Waals surface area contributed by atoms with Crippen LogP contribution in [0, 0.1) is 0 Å². The first-order valence-corrected chi connectivity index (χ1v) is 4.70. The summed E-state index contributed by atoms with van der Waals surface area (Å²) in [6.45, 7) is 7.23. The first-order valence-electron chi connectivity index (χ1n) is 4.70. The molecular weight excluding hydrogens is 131 g/mol. The molecule has 0 saturated carbocycles. The Morgan fingerprint density at radius 1 is 1.09 bits per heavy atom. The van der Waals surface area contributed by atoms with Crippen molar-refractivity contribution in [3.8, 4) is 0 Å². The third-order valence-corrected chi connectivity index (χ3v) is 1.53. The van der Waals surface area contributed by atoms with Crippen molar-refractivity contribution < 1.29 is 4.74 Å². The summed E-state index contributed by atoms with van der Waals surface area (Å²) >= 11 is 2.23. The van der Waals surface area contributed by atoms with Gasteiger partial charge in [0.2, 0.25) is 0 Å². The molecule has 0 aromatic carbocycles. The van der Waals surface area contributed by atoms with E-state index in [1.54, 1.807) is 0 Å². The average molecular weight is 150 g/mol. The topological polar surface area (TPSA) is 9.23 Å². The number of hydrogen-bond acceptors (Lipinski definition) is 1. The quantitative estimate of drug-likeness (QED) is 0.432. The van der Waals surface area contributed by atoms with Crippen LogP contribution in [0.4, 0.5) is 0 Å². The molecule has 62 valence electrons. The van der Waals surface area contributed by atoms with Crippen LogP contribution >= 0.6 is 0 Å². The molecule has 0 rings (SSSR count). The van der Waals surface area contributed by atoms with Crippen molar-refractivity contribution in [2.75, 3.05) is 6.61 Å². The van der Waals surface area contributed by atoms with Gasteiger partial charge < -0.3 is 0 Å². The minimum atomic E-state index is 0.0478. The van der Waals surface area contributed by atoms with Crippen LogP contribution in [0.25, 0.3) is 0 Å². The van der Waals surface area contributed by atoms with E-state index in [0.717, 1.165) is 6.61 Å². The maximum absolute atomic E-state index is 5.58. The molecule has 0 aliphatic carbocycles. The van der Waals surface area contributed by atoms with Gasteiger partial charge in [0.15, 0.2) is 0 Å². The molecular formula is C9H19LiO. The van der Waals surface area contributed by atoms with Crippen molar-refractivity contribution in [1.82, 2.24) is 0 Å². The van der Waals surface area contributed by atoms with Gasteiger partial charge in [0.05, 0.1) is 0 Å². The number of ether oxygens (including phenoxy) is 1.